The Balaban J connectivity index is 0.000000701. The molecule has 0 aliphatic heterocycles. The third-order valence-corrected chi connectivity index (χ3v) is 4.29. The van der Waals surface area contributed by atoms with Crippen LogP contribution < -0.4 is 0 Å². The van der Waals surface area contributed by atoms with Crippen molar-refractivity contribution in [1.82, 2.24) is 4.57 Å². The van der Waals surface area contributed by atoms with E-state index in [1.807, 2.05) is 42.8 Å². The number of hydrogen-bond acceptors (Lipinski definition) is 2. The van der Waals surface area contributed by atoms with Crippen molar-refractivity contribution in [2.45, 2.75) is 38.1 Å². The van der Waals surface area contributed by atoms with E-state index in [9.17, 15) is 0 Å². The van der Waals surface area contributed by atoms with Crippen molar-refractivity contribution >= 4 is 38.3 Å². The van der Waals surface area contributed by atoms with E-state index in [0.29, 0.717) is 6.04 Å². The van der Waals surface area contributed by atoms with Crippen LogP contribution in [0, 0.1) is 0 Å². The number of rotatable bonds is 4. The van der Waals surface area contributed by atoms with Crippen molar-refractivity contribution in [2.75, 3.05) is 0 Å². The van der Waals surface area contributed by atoms with E-state index in [1.54, 1.807) is 0 Å². The van der Waals surface area contributed by atoms with Crippen LogP contribution in [0.1, 0.15) is 43.5 Å². The van der Waals surface area contributed by atoms with Crippen LogP contribution in [0.4, 0.5) is 5.69 Å². The van der Waals surface area contributed by atoms with Crippen LogP contribution in [0.3, 0.4) is 0 Å². The zero-order valence-corrected chi connectivity index (χ0v) is 16.9. The maximum atomic E-state index is 4.76. The van der Waals surface area contributed by atoms with Gasteiger partial charge in [-0.2, -0.15) is 0 Å². The first-order chi connectivity index (χ1) is 12.2. The van der Waals surface area contributed by atoms with Crippen LogP contribution in [0.25, 0.3) is 0 Å². The van der Waals surface area contributed by atoms with E-state index in [4.69, 9.17) is 25.2 Å². The summed E-state index contributed by atoms with van der Waals surface area (Å²) < 4.78 is 2.14. The Bertz CT molecular complexity index is 677. The summed E-state index contributed by atoms with van der Waals surface area (Å²) in [6.45, 7) is 0. The van der Waals surface area contributed by atoms with Crippen LogP contribution >= 0.6 is 20.2 Å². The Hall–Kier alpha value is -1.06. The molecule has 0 N–H and O–H groups in total. The molecule has 3 rings (SSSR count). The maximum absolute atomic E-state index is 4.76. The second-order valence-corrected chi connectivity index (χ2v) is 7.78. The first-order valence-corrected chi connectivity index (χ1v) is 11.4. The molecular weight excluding hydrogens is 397 g/mol. The number of hydrogen-bond donors (Lipinski definition) is 0. The normalized spacial score (nSPS) is 15.6. The summed E-state index contributed by atoms with van der Waals surface area (Å²) >= 11 is 0.194. The van der Waals surface area contributed by atoms with Gasteiger partial charge in [-0.1, -0.05) is 37.5 Å². The molecule has 0 saturated heterocycles. The van der Waals surface area contributed by atoms with E-state index in [-0.39, 0.29) is 13.1 Å². The molecule has 6 heteroatoms. The minimum absolute atomic E-state index is 0.194. The summed E-state index contributed by atoms with van der Waals surface area (Å²) in [7, 11) is 11.6. The molecule has 1 heterocycles. The summed E-state index contributed by atoms with van der Waals surface area (Å²) in [5, 5.41) is 0. The van der Waals surface area contributed by atoms with Crippen LogP contribution in [-0.2, 0) is 20.2 Å². The predicted octanol–water partition coefficient (Wildman–Crippen LogP) is 5.90. The van der Waals surface area contributed by atoms with Crippen LogP contribution in [0.5, 0.6) is 0 Å². The number of nitrogens with zero attached hydrogens (tertiary/aromatic N) is 3. The fourth-order valence-corrected chi connectivity index (χ4v) is 2.87. The van der Waals surface area contributed by atoms with Crippen LogP contribution in [0.15, 0.2) is 52.4 Å². The Morgan fingerprint density at radius 1 is 0.960 bits per heavy atom. The predicted molar refractivity (Wildman–Crippen MR) is 105 cm³/mol. The second-order valence-electron chi connectivity index (χ2n) is 5.96. The number of aliphatic imine (C=N–C) groups is 2. The van der Waals surface area contributed by atoms with Crippen molar-refractivity contribution in [3.05, 3.63) is 53.9 Å². The molecule has 1 fully saturated rings. The molecule has 1 aromatic carbocycles. The molecule has 0 bridgehead atoms. The quantitative estimate of drug-likeness (QED) is 0.435. The van der Waals surface area contributed by atoms with Crippen molar-refractivity contribution in [3.8, 4) is 0 Å². The Kier molecular flexibility index (Phi) is 9.34. The number of aromatic nitrogens is 1. The first-order valence-electron chi connectivity index (χ1n) is 8.38. The summed E-state index contributed by atoms with van der Waals surface area (Å²) in [6.07, 6.45) is 10.4. The molecule has 1 aliphatic carbocycles. The van der Waals surface area contributed by atoms with Gasteiger partial charge in [-0.3, -0.25) is 9.98 Å². The average molecular weight is 420 g/mol. The Labute approximate surface area is 164 Å². The first kappa shape index (κ1) is 20.3. The van der Waals surface area contributed by atoms with E-state index >= 15 is 0 Å². The topological polar surface area (TPSA) is 29.6 Å². The second kappa shape index (κ2) is 11.5. The van der Waals surface area contributed by atoms with E-state index < -0.39 is 0 Å². The van der Waals surface area contributed by atoms with Crippen molar-refractivity contribution in [3.63, 3.8) is 0 Å². The van der Waals surface area contributed by atoms with E-state index in [2.05, 4.69) is 28.7 Å². The summed E-state index contributed by atoms with van der Waals surface area (Å²) in [5.41, 5.74) is 3.20. The monoisotopic (exact) mass is 419 g/mol. The standard InChI is InChI=1S/C19H23N3.2ClH.Fe/c1-22-18(14-20-16-8-4-2-5-9-16)12-13-19(22)15-21-17-10-6-3-7-11-17;;;/h2,4-5,8-9,12-15,17H,3,6-7,10-11H2,1H3;2*1H;/q;;;+2/p-2. The fourth-order valence-electron chi connectivity index (χ4n) is 2.87. The van der Waals surface area contributed by atoms with Crippen molar-refractivity contribution in [1.29, 1.82) is 0 Å². The third-order valence-electron chi connectivity index (χ3n) is 4.29. The van der Waals surface area contributed by atoms with Gasteiger partial charge in [0.25, 0.3) is 0 Å². The molecule has 0 unspecified atom stereocenters. The third kappa shape index (κ3) is 6.99. The van der Waals surface area contributed by atoms with Crippen molar-refractivity contribution in [2.24, 2.45) is 17.0 Å². The van der Waals surface area contributed by atoms with Crippen LogP contribution in [-0.4, -0.2) is 23.0 Å². The van der Waals surface area contributed by atoms with Gasteiger partial charge < -0.3 is 4.57 Å². The summed E-state index contributed by atoms with van der Waals surface area (Å²) in [5.74, 6) is 0. The van der Waals surface area contributed by atoms with Gasteiger partial charge in [0.15, 0.2) is 0 Å². The average Bonchev–Trinajstić information content (AvgIpc) is 3.00. The van der Waals surface area contributed by atoms with Gasteiger partial charge >= 0.3 is 33.3 Å². The number of benzene rings is 1. The molecule has 0 amide bonds. The fraction of sp³-hybridized carbons (Fsp3) is 0.368. The number of halogens is 2. The van der Waals surface area contributed by atoms with Gasteiger partial charge in [0, 0.05) is 13.3 Å². The minimum atomic E-state index is 0.194. The summed E-state index contributed by atoms with van der Waals surface area (Å²) in [6, 6.07) is 14.7. The molecular formula is C19H23Cl2FeN3. The zero-order chi connectivity index (χ0) is 17.9. The van der Waals surface area contributed by atoms with Gasteiger partial charge in [0.2, 0.25) is 0 Å². The molecule has 25 heavy (non-hydrogen) atoms. The van der Waals surface area contributed by atoms with Crippen molar-refractivity contribution < 1.29 is 13.1 Å². The molecule has 3 nitrogen and oxygen atoms in total. The SMILES string of the molecule is Cn1c(C=Nc2ccccc2)ccc1C=NC1CCCCC1.[Cl][Fe][Cl]. The van der Waals surface area contributed by atoms with Gasteiger partial charge in [-0.05, 0) is 37.1 Å². The molecule has 0 atom stereocenters. The van der Waals surface area contributed by atoms with Gasteiger partial charge in [0.05, 0.1) is 29.3 Å². The number of para-hydroxylation sites is 1. The molecule has 1 aliphatic rings. The van der Waals surface area contributed by atoms with Crippen LogP contribution in [0.2, 0.25) is 0 Å². The van der Waals surface area contributed by atoms with E-state index in [1.165, 1.54) is 32.1 Å². The molecule has 2 aromatic rings. The van der Waals surface area contributed by atoms with E-state index in [0.717, 1.165) is 17.1 Å². The molecule has 1 saturated carbocycles. The molecule has 0 spiro atoms. The molecule has 0 radical (unpaired) electrons. The summed E-state index contributed by atoms with van der Waals surface area (Å²) in [4.78, 5) is 9.27. The zero-order valence-electron chi connectivity index (χ0n) is 14.3. The Morgan fingerprint density at radius 3 is 2.20 bits per heavy atom. The van der Waals surface area contributed by atoms with Gasteiger partial charge in [-0.25, -0.2) is 0 Å². The Morgan fingerprint density at radius 2 is 1.56 bits per heavy atom. The van der Waals surface area contributed by atoms with Gasteiger partial charge in [0.1, 0.15) is 0 Å². The van der Waals surface area contributed by atoms with Gasteiger partial charge in [-0.15, -0.1) is 0 Å². The molecule has 1 aromatic heterocycles. The molecule has 136 valence electrons.